The monoisotopic (exact) mass is 364 g/mol. The number of epoxide rings is 1. The minimum Gasteiger partial charge on any atom is -0.460 e. The predicted octanol–water partition coefficient (Wildman–Crippen LogP) is 4.40. The maximum Gasteiger partial charge on any atom is 0.303 e. The Morgan fingerprint density at radius 1 is 1.42 bits per heavy atom. The molecule has 1 saturated heterocycles. The Bertz CT molecular complexity index is 577. The Morgan fingerprint density at radius 2 is 2.12 bits per heavy atom. The highest BCUT2D eigenvalue weighted by Gasteiger charge is 2.57. The van der Waals surface area contributed by atoms with E-state index in [4.69, 9.17) is 9.47 Å². The van der Waals surface area contributed by atoms with Crippen LogP contribution in [0.1, 0.15) is 79.6 Å². The molecule has 3 aliphatic rings. The summed E-state index contributed by atoms with van der Waals surface area (Å²) in [4.78, 5) is 11.4. The van der Waals surface area contributed by atoms with Crippen LogP contribution in [0.4, 0.5) is 0 Å². The first-order valence-corrected chi connectivity index (χ1v) is 10.2. The molecule has 2 saturated carbocycles. The highest BCUT2D eigenvalue weighted by Crippen LogP contribution is 2.61. The molecule has 1 heterocycles. The van der Waals surface area contributed by atoms with E-state index in [0.717, 1.165) is 32.1 Å². The number of fused-ring (bicyclic) bond motifs is 2. The number of carbonyl (C=O) groups is 1. The summed E-state index contributed by atoms with van der Waals surface area (Å²) in [5, 5.41) is 10.4. The summed E-state index contributed by atoms with van der Waals surface area (Å²) in [6, 6.07) is 0. The molecule has 6 atom stereocenters. The van der Waals surface area contributed by atoms with Gasteiger partial charge in [0, 0.05) is 6.92 Å². The van der Waals surface area contributed by atoms with Gasteiger partial charge in [0.2, 0.25) is 0 Å². The molecule has 0 aromatic carbocycles. The van der Waals surface area contributed by atoms with E-state index >= 15 is 0 Å². The van der Waals surface area contributed by atoms with E-state index in [1.54, 1.807) is 13.8 Å². The fraction of sp³-hybridized carbons (Fsp3) is 0.864. The molecule has 26 heavy (non-hydrogen) atoms. The van der Waals surface area contributed by atoms with Crippen LogP contribution in [0.5, 0.6) is 0 Å². The van der Waals surface area contributed by atoms with Gasteiger partial charge in [-0.2, -0.15) is 0 Å². The van der Waals surface area contributed by atoms with Crippen LogP contribution in [0.15, 0.2) is 12.2 Å². The van der Waals surface area contributed by atoms with E-state index in [1.807, 2.05) is 0 Å². The van der Waals surface area contributed by atoms with E-state index < -0.39 is 11.7 Å². The number of aliphatic hydroxyl groups is 1. The number of rotatable bonds is 5. The lowest BCUT2D eigenvalue weighted by atomic mass is 9.49. The van der Waals surface area contributed by atoms with Crippen LogP contribution < -0.4 is 0 Å². The molecule has 0 aromatic heterocycles. The number of hydrogen-bond donors (Lipinski definition) is 1. The first-order chi connectivity index (χ1) is 11.9. The van der Waals surface area contributed by atoms with Crippen LogP contribution >= 0.6 is 0 Å². The molecule has 4 nitrogen and oxygen atoms in total. The second-order valence-corrected chi connectivity index (χ2v) is 10.0. The molecular weight excluding hydrogens is 328 g/mol. The topological polar surface area (TPSA) is 59.1 Å². The summed E-state index contributed by atoms with van der Waals surface area (Å²) in [6.45, 7) is 13.9. The van der Waals surface area contributed by atoms with E-state index in [9.17, 15) is 9.90 Å². The lowest BCUT2D eigenvalue weighted by molar-refractivity contribution is -0.162. The lowest BCUT2D eigenvalue weighted by Gasteiger charge is -2.55. The van der Waals surface area contributed by atoms with Gasteiger partial charge in [-0.15, -0.1) is 0 Å². The zero-order chi connectivity index (χ0) is 19.3. The third kappa shape index (κ3) is 3.87. The highest BCUT2D eigenvalue weighted by atomic mass is 16.6. The average molecular weight is 365 g/mol. The predicted molar refractivity (Wildman–Crippen MR) is 102 cm³/mol. The average Bonchev–Trinajstić information content (AvgIpc) is 3.14. The van der Waals surface area contributed by atoms with Crippen molar-refractivity contribution in [3.8, 4) is 0 Å². The summed E-state index contributed by atoms with van der Waals surface area (Å²) in [5.41, 5.74) is 0.683. The van der Waals surface area contributed by atoms with Crippen molar-refractivity contribution >= 4 is 5.97 Å². The van der Waals surface area contributed by atoms with Crippen LogP contribution in [-0.2, 0) is 14.3 Å². The van der Waals surface area contributed by atoms with Gasteiger partial charge < -0.3 is 14.6 Å². The van der Waals surface area contributed by atoms with Gasteiger partial charge in [-0.3, -0.25) is 4.79 Å². The molecule has 4 heteroatoms. The Morgan fingerprint density at radius 3 is 2.73 bits per heavy atom. The van der Waals surface area contributed by atoms with Crippen molar-refractivity contribution in [1.29, 1.82) is 0 Å². The van der Waals surface area contributed by atoms with E-state index in [2.05, 4.69) is 20.4 Å². The molecule has 3 rings (SSSR count). The number of esters is 1. The fourth-order valence-electron chi connectivity index (χ4n) is 5.42. The van der Waals surface area contributed by atoms with Gasteiger partial charge in [0.25, 0.3) is 0 Å². The minimum absolute atomic E-state index is 0.0824. The van der Waals surface area contributed by atoms with E-state index in [1.165, 1.54) is 18.9 Å². The van der Waals surface area contributed by atoms with E-state index in [0.29, 0.717) is 24.4 Å². The second-order valence-electron chi connectivity index (χ2n) is 10.0. The first kappa shape index (κ1) is 19.9. The van der Waals surface area contributed by atoms with Crippen molar-refractivity contribution in [3.63, 3.8) is 0 Å². The molecule has 0 amide bonds. The molecule has 0 aromatic rings. The van der Waals surface area contributed by atoms with Gasteiger partial charge in [-0.1, -0.05) is 19.1 Å². The van der Waals surface area contributed by atoms with Crippen molar-refractivity contribution in [2.75, 3.05) is 0 Å². The van der Waals surface area contributed by atoms with Crippen molar-refractivity contribution < 1.29 is 19.4 Å². The summed E-state index contributed by atoms with van der Waals surface area (Å²) in [6.07, 6.45) is 7.29. The van der Waals surface area contributed by atoms with Crippen LogP contribution in [0.25, 0.3) is 0 Å². The zero-order valence-electron chi connectivity index (χ0n) is 17.1. The summed E-state index contributed by atoms with van der Waals surface area (Å²) in [5.74, 6) is 0.916. The third-order valence-corrected chi connectivity index (χ3v) is 7.38. The van der Waals surface area contributed by atoms with Crippen LogP contribution in [0, 0.1) is 17.3 Å². The van der Waals surface area contributed by atoms with Gasteiger partial charge in [0.1, 0.15) is 6.10 Å². The number of ether oxygens (including phenoxy) is 2. The molecule has 0 radical (unpaired) electrons. The fourth-order valence-corrected chi connectivity index (χ4v) is 5.42. The molecule has 1 N–H and O–H groups in total. The quantitative estimate of drug-likeness (QED) is 0.446. The van der Waals surface area contributed by atoms with Gasteiger partial charge >= 0.3 is 5.97 Å². The summed E-state index contributed by atoms with van der Waals surface area (Å²) in [7, 11) is 0. The molecule has 2 aliphatic carbocycles. The molecule has 1 aliphatic heterocycles. The van der Waals surface area contributed by atoms with E-state index in [-0.39, 0.29) is 17.0 Å². The maximum absolute atomic E-state index is 11.4. The Kier molecular flexibility index (Phi) is 5.07. The van der Waals surface area contributed by atoms with Crippen LogP contribution in [0.3, 0.4) is 0 Å². The number of hydrogen-bond acceptors (Lipinski definition) is 4. The minimum atomic E-state index is -1.02. The van der Waals surface area contributed by atoms with Crippen molar-refractivity contribution in [1.82, 2.24) is 0 Å². The second kappa shape index (κ2) is 6.63. The van der Waals surface area contributed by atoms with Crippen molar-refractivity contribution in [2.24, 2.45) is 17.3 Å². The van der Waals surface area contributed by atoms with Crippen molar-refractivity contribution in [2.45, 2.75) is 103 Å². The Labute approximate surface area is 158 Å². The largest absolute Gasteiger partial charge is 0.460 e. The number of allylic oxidation sites excluding steroid dienone is 1. The highest BCUT2D eigenvalue weighted by molar-refractivity contribution is 5.66. The van der Waals surface area contributed by atoms with Crippen molar-refractivity contribution in [3.05, 3.63) is 12.2 Å². The summed E-state index contributed by atoms with van der Waals surface area (Å²) < 4.78 is 11.4. The molecule has 0 bridgehead atoms. The number of carbonyl (C=O) groups excluding carboxylic acids is 1. The zero-order valence-corrected chi connectivity index (χ0v) is 17.1. The van der Waals surface area contributed by atoms with Crippen LogP contribution in [0.2, 0.25) is 0 Å². The van der Waals surface area contributed by atoms with Crippen LogP contribution in [-0.4, -0.2) is 34.5 Å². The lowest BCUT2D eigenvalue weighted by Crippen LogP contribution is -2.48. The standard InChI is InChI=1S/C22H36O4/c1-14-7-8-19-22(6,26-19)12-9-17-16(14)13-21(17,5)11-10-18(20(3,4)24)25-15(2)23/h16-19,24H,1,7-13H2,2-6H3/t16-,17-,18-,19-,21-,22-/m1/s1. The Balaban J connectivity index is 1.65. The maximum atomic E-state index is 11.4. The molecular formula is C22H36O4. The third-order valence-electron chi connectivity index (χ3n) is 7.38. The molecule has 0 spiro atoms. The van der Waals surface area contributed by atoms with Gasteiger partial charge in [-0.25, -0.2) is 0 Å². The molecule has 148 valence electrons. The smallest absolute Gasteiger partial charge is 0.303 e. The van der Waals surface area contributed by atoms with Gasteiger partial charge in [-0.05, 0) is 83.0 Å². The Hall–Kier alpha value is -0.870. The normalized spacial score (nSPS) is 40.8. The van der Waals surface area contributed by atoms with Gasteiger partial charge in [0.15, 0.2) is 0 Å². The first-order valence-electron chi connectivity index (χ1n) is 10.2. The SMILES string of the molecule is C=C1CC[C@H]2O[C@]2(C)CC[C@@H]2[C@@H]1C[C@@]2(C)CC[C@@H](OC(C)=O)C(C)(C)O. The molecule has 3 fully saturated rings. The molecule has 0 unspecified atom stereocenters. The van der Waals surface area contributed by atoms with Gasteiger partial charge in [0.05, 0.1) is 17.3 Å². The summed E-state index contributed by atoms with van der Waals surface area (Å²) >= 11 is 0.